The van der Waals surface area contributed by atoms with E-state index in [1.54, 1.807) is 23.4 Å². The first-order valence-electron chi connectivity index (χ1n) is 18.6. The number of hydroxylamine groups is 2. The van der Waals surface area contributed by atoms with Crippen LogP contribution in [0.1, 0.15) is 23.1 Å². The molecule has 1 saturated heterocycles. The molecule has 6 N–H and O–H groups in total. The average Bonchev–Trinajstić information content (AvgIpc) is 3.78. The van der Waals surface area contributed by atoms with Crippen LogP contribution in [0.4, 0.5) is 0 Å². The van der Waals surface area contributed by atoms with Crippen molar-refractivity contribution >= 4 is 34.8 Å². The number of aromatic hydroxyl groups is 1. The quantitative estimate of drug-likeness (QED) is 0.0796. The van der Waals surface area contributed by atoms with Crippen molar-refractivity contribution in [2.75, 3.05) is 26.8 Å². The number of hydrogen-bond acceptors (Lipinski definition) is 15. The minimum atomic E-state index is -1.72. The monoisotopic (exact) mass is 797 g/mol. The Balaban J connectivity index is 1.19. The highest BCUT2D eigenvalue weighted by Crippen LogP contribution is 2.40. The Morgan fingerprint density at radius 2 is 1.76 bits per heavy atom. The number of aliphatic hydroxyl groups is 3. The molecule has 3 aliphatic rings. The van der Waals surface area contributed by atoms with Gasteiger partial charge in [0.2, 0.25) is 6.29 Å². The number of phenols is 1. The summed E-state index contributed by atoms with van der Waals surface area (Å²) in [6.45, 7) is 3.09. The molecule has 4 aromatic rings. The Labute approximate surface area is 331 Å². The maximum absolute atomic E-state index is 13.5. The Morgan fingerprint density at radius 1 is 1.02 bits per heavy atom. The Bertz CT molecular complexity index is 2330. The maximum atomic E-state index is 13.5. The van der Waals surface area contributed by atoms with Gasteiger partial charge in [-0.25, -0.2) is 5.06 Å². The van der Waals surface area contributed by atoms with Gasteiger partial charge in [-0.05, 0) is 75.4 Å². The zero-order valence-corrected chi connectivity index (χ0v) is 31.8. The second kappa shape index (κ2) is 16.9. The van der Waals surface area contributed by atoms with Gasteiger partial charge in [0.1, 0.15) is 48.3 Å². The molecule has 0 aliphatic carbocycles. The summed E-state index contributed by atoms with van der Waals surface area (Å²) in [6.07, 6.45) is -3.01. The molecule has 3 aromatic carbocycles. The van der Waals surface area contributed by atoms with Gasteiger partial charge in [-0.15, -0.1) is 0 Å². The van der Waals surface area contributed by atoms with Gasteiger partial charge in [-0.3, -0.25) is 24.2 Å². The number of nitrogens with zero attached hydrogens (tertiary/aromatic N) is 2. The third-order valence-electron chi connectivity index (χ3n) is 10.3. The van der Waals surface area contributed by atoms with Crippen molar-refractivity contribution in [3.8, 4) is 22.6 Å². The van der Waals surface area contributed by atoms with Crippen molar-refractivity contribution in [1.82, 2.24) is 10.4 Å². The van der Waals surface area contributed by atoms with Gasteiger partial charge in [-0.2, -0.15) is 0 Å². The summed E-state index contributed by atoms with van der Waals surface area (Å²) in [7, 11) is 1.44. The number of allylic oxidation sites excluding steroid dienone is 1. The van der Waals surface area contributed by atoms with Crippen LogP contribution in [0.25, 0.3) is 27.8 Å². The van der Waals surface area contributed by atoms with Crippen LogP contribution < -0.4 is 15.5 Å². The lowest BCUT2D eigenvalue weighted by molar-refractivity contribution is -0.323. The molecule has 58 heavy (non-hydrogen) atoms. The number of aliphatic carboxylic acids is 1. The minimum Gasteiger partial charge on any atom is -0.508 e. The van der Waals surface area contributed by atoms with Crippen LogP contribution in [0.5, 0.6) is 11.5 Å². The Morgan fingerprint density at radius 3 is 2.45 bits per heavy atom. The maximum Gasteiger partial charge on any atom is 0.322 e. The first kappa shape index (κ1) is 40.3. The van der Waals surface area contributed by atoms with Crippen LogP contribution >= 0.6 is 0 Å². The fourth-order valence-corrected chi connectivity index (χ4v) is 7.40. The van der Waals surface area contributed by atoms with E-state index in [0.29, 0.717) is 17.0 Å². The van der Waals surface area contributed by atoms with Gasteiger partial charge < -0.3 is 49.5 Å². The summed E-state index contributed by atoms with van der Waals surface area (Å²) < 4.78 is 23.7. The predicted molar refractivity (Wildman–Crippen MR) is 209 cm³/mol. The number of nitrogens with one attached hydrogen (secondary N) is 1. The van der Waals surface area contributed by atoms with Crippen molar-refractivity contribution in [3.63, 3.8) is 0 Å². The van der Waals surface area contributed by atoms with Crippen molar-refractivity contribution in [2.24, 2.45) is 10.9 Å². The number of esters is 1. The van der Waals surface area contributed by atoms with Crippen LogP contribution in [0.3, 0.4) is 0 Å². The van der Waals surface area contributed by atoms with Crippen molar-refractivity contribution < 1.29 is 58.6 Å². The number of aliphatic imine (C=N–C) groups is 1. The molecule has 4 heterocycles. The molecule has 0 amide bonds. The summed E-state index contributed by atoms with van der Waals surface area (Å²) in [5, 5.41) is 56.5. The molecule has 0 saturated carbocycles. The van der Waals surface area contributed by atoms with Crippen LogP contribution in [0, 0.1) is 19.8 Å². The summed E-state index contributed by atoms with van der Waals surface area (Å²) >= 11 is 0. The lowest BCUT2D eigenvalue weighted by atomic mass is 9.97. The fraction of sp³-hybridized carbons (Fsp3) is 0.333. The summed E-state index contributed by atoms with van der Waals surface area (Å²) in [5.41, 5.74) is 5.56. The van der Waals surface area contributed by atoms with Crippen molar-refractivity contribution in [2.45, 2.75) is 57.0 Å². The second-order valence-corrected chi connectivity index (χ2v) is 14.3. The lowest BCUT2D eigenvalue weighted by Crippen LogP contribution is -2.62. The number of ether oxygens (including phenoxy) is 3. The molecule has 3 aliphatic heterocycles. The average molecular weight is 798 g/mol. The normalized spacial score (nSPS) is 22.5. The highest BCUT2D eigenvalue weighted by atomic mass is 16.8. The van der Waals surface area contributed by atoms with Crippen molar-refractivity contribution in [1.29, 1.82) is 0 Å². The number of hydrogen-bond donors (Lipinski definition) is 6. The zero-order valence-electron chi connectivity index (χ0n) is 31.8. The number of aliphatic hydroxyl groups excluding tert-OH is 3. The predicted octanol–water partition coefficient (Wildman–Crippen LogP) is 2.82. The van der Waals surface area contributed by atoms with Gasteiger partial charge in [0.15, 0.2) is 17.5 Å². The van der Waals surface area contributed by atoms with E-state index in [-0.39, 0.29) is 53.0 Å². The Hall–Kier alpha value is -5.88. The highest BCUT2D eigenvalue weighted by molar-refractivity contribution is 5.95. The molecule has 16 nitrogen and oxygen atoms in total. The number of benzene rings is 3. The van der Waals surface area contributed by atoms with Gasteiger partial charge in [-0.1, -0.05) is 29.3 Å². The van der Waals surface area contributed by atoms with E-state index in [2.05, 4.69) is 10.3 Å². The van der Waals surface area contributed by atoms with E-state index in [0.717, 1.165) is 22.3 Å². The molecule has 7 unspecified atom stereocenters. The molecular formula is C42H43N3O13. The topological polar surface area (TPSA) is 230 Å². The first-order chi connectivity index (χ1) is 27.9. The number of fused-ring (bicyclic) bond motifs is 2. The largest absolute Gasteiger partial charge is 0.508 e. The van der Waals surface area contributed by atoms with E-state index in [1.165, 1.54) is 43.6 Å². The zero-order chi connectivity index (χ0) is 41.2. The van der Waals surface area contributed by atoms with E-state index in [1.807, 2.05) is 38.1 Å². The second-order valence-electron chi connectivity index (χ2n) is 14.3. The van der Waals surface area contributed by atoms with E-state index in [4.69, 9.17) is 23.5 Å². The number of carboxylic acids is 1. The number of carbonyl (C=O) groups excluding carboxylic acids is 1. The SMILES string of the molecule is CNC(CCO)C(C(=O)O)C(=O)OCC1OC(Oc2ccc3c(=O)c(-c4ccc(O)cc4)coc3c2)C(ON2CC3=CC=NC3=C2c2cc(C)cc(C)c2)C(O)C1O. The number of phenolic OH excluding ortho intramolecular Hbond substituents is 1. The first-order valence-corrected chi connectivity index (χ1v) is 18.6. The van der Waals surface area contributed by atoms with Crippen LogP contribution in [0.15, 0.2) is 98.5 Å². The molecule has 0 radical (unpaired) electrons. The number of carboxylic acid groups (broad SMARTS) is 1. The van der Waals surface area contributed by atoms with Gasteiger partial charge in [0.05, 0.1) is 28.9 Å². The van der Waals surface area contributed by atoms with Gasteiger partial charge in [0.25, 0.3) is 0 Å². The molecule has 1 fully saturated rings. The standard InChI is InChI=1S/C42H43N3O13/c1-21-14-22(2)16-25(15-21)35-34-24(10-12-44-34)18-45(35)58-39-38(50)37(49)32(20-55-41(53)33(40(51)52)30(43-3)11-13-46)57-42(39)56-27-8-9-28-31(17-27)54-19-29(36(28)48)23-4-6-26(47)7-5-23/h4-10,12,14-17,19,30,32-33,37-39,42-43,46-47,49-50H,11,13,18,20H2,1-3H3,(H,51,52). The fourth-order valence-electron chi connectivity index (χ4n) is 7.40. The molecule has 16 heteroatoms. The molecule has 1 aromatic heterocycles. The number of carbonyl (C=O) groups is 2. The number of rotatable bonds is 14. The summed E-state index contributed by atoms with van der Waals surface area (Å²) in [4.78, 5) is 49.7. The molecule has 0 spiro atoms. The molecule has 0 bridgehead atoms. The van der Waals surface area contributed by atoms with Crippen LogP contribution in [-0.4, -0.2) is 112 Å². The molecule has 304 valence electrons. The van der Waals surface area contributed by atoms with Gasteiger partial charge >= 0.3 is 11.9 Å². The summed E-state index contributed by atoms with van der Waals surface area (Å²) in [5.74, 6) is -4.17. The lowest BCUT2D eigenvalue weighted by Gasteiger charge is -2.43. The third kappa shape index (κ3) is 8.11. The number of aryl methyl sites for hydroxylation is 2. The molecular weight excluding hydrogens is 754 g/mol. The Kier molecular flexibility index (Phi) is 11.8. The van der Waals surface area contributed by atoms with E-state index < -0.39 is 61.2 Å². The van der Waals surface area contributed by atoms with Crippen LogP contribution in [0.2, 0.25) is 0 Å². The summed E-state index contributed by atoms with van der Waals surface area (Å²) in [6, 6.07) is 15.5. The smallest absolute Gasteiger partial charge is 0.322 e. The van der Waals surface area contributed by atoms with Crippen LogP contribution in [-0.2, 0) is 23.9 Å². The van der Waals surface area contributed by atoms with E-state index >= 15 is 0 Å². The molecule has 7 rings (SSSR count). The highest BCUT2D eigenvalue weighted by Gasteiger charge is 2.50. The minimum absolute atomic E-state index is 0.0437. The third-order valence-corrected chi connectivity index (χ3v) is 10.3. The molecule has 7 atom stereocenters. The van der Waals surface area contributed by atoms with E-state index in [9.17, 15) is 39.9 Å². The van der Waals surface area contributed by atoms with Crippen molar-refractivity contribution in [3.05, 3.63) is 111 Å². The van der Waals surface area contributed by atoms with Gasteiger partial charge in [0, 0.05) is 36.1 Å².